The smallest absolute Gasteiger partial charge is 0.323 e. The van der Waals surface area contributed by atoms with Crippen molar-refractivity contribution in [2.75, 3.05) is 91.6 Å². The van der Waals surface area contributed by atoms with E-state index in [0.29, 0.717) is 50.6 Å². The first-order valence-electron chi connectivity index (χ1n) is 20.4. The van der Waals surface area contributed by atoms with E-state index in [-0.39, 0.29) is 77.0 Å². The van der Waals surface area contributed by atoms with Crippen molar-refractivity contribution in [1.82, 2.24) is 35.6 Å². The standard InChI is InChI=1S/C38H60N8O13.C2H6/c1-28-9-8-10-29(21-28)38(59)42-15-6-7-16-46(27-37(57)58)33(50)23-45(26-36(55)56)20-18-43(24-34(51)52)17-19-44(25-35(53)54)22-32(49)41-14-5-4-13-40-31(48)12-3-2-11-30(39)47;1-2/h8-10,21H,2-7,11-20,22-27H2,1H3,(H2,39,47)(H,40,48)(H,41,49)(H,42,59)(H,51,52)(H,53,54)(H,55,56)(H,57,58);1-2H3. The van der Waals surface area contributed by atoms with E-state index in [0.717, 1.165) is 10.5 Å². The zero-order valence-corrected chi connectivity index (χ0v) is 35.7. The van der Waals surface area contributed by atoms with Crippen LogP contribution in [0.4, 0.5) is 0 Å². The van der Waals surface area contributed by atoms with Gasteiger partial charge in [-0.3, -0.25) is 57.9 Å². The molecular formula is C40H66N8O13. The highest BCUT2D eigenvalue weighted by Gasteiger charge is 2.23. The summed E-state index contributed by atoms with van der Waals surface area (Å²) in [4.78, 5) is 112. The highest BCUT2D eigenvalue weighted by Crippen LogP contribution is 2.05. The lowest BCUT2D eigenvalue weighted by atomic mass is 10.1. The first kappa shape index (κ1) is 55.3. The number of rotatable bonds is 34. The van der Waals surface area contributed by atoms with Crippen LogP contribution in [0.25, 0.3) is 0 Å². The molecule has 21 nitrogen and oxygen atoms in total. The minimum atomic E-state index is -1.28. The van der Waals surface area contributed by atoms with Crippen molar-refractivity contribution in [3.63, 3.8) is 0 Å². The van der Waals surface area contributed by atoms with Crippen molar-refractivity contribution in [3.05, 3.63) is 35.4 Å². The third-order valence-electron chi connectivity index (χ3n) is 8.69. The van der Waals surface area contributed by atoms with E-state index in [2.05, 4.69) is 16.0 Å². The molecule has 61 heavy (non-hydrogen) atoms. The second kappa shape index (κ2) is 33.1. The molecule has 0 aliphatic carbocycles. The van der Waals surface area contributed by atoms with Gasteiger partial charge in [0.25, 0.3) is 5.91 Å². The summed E-state index contributed by atoms with van der Waals surface area (Å²) in [6, 6.07) is 7.03. The van der Waals surface area contributed by atoms with Gasteiger partial charge in [0.1, 0.15) is 6.54 Å². The molecule has 9 N–H and O–H groups in total. The van der Waals surface area contributed by atoms with Gasteiger partial charge in [-0.25, -0.2) is 0 Å². The summed E-state index contributed by atoms with van der Waals surface area (Å²) >= 11 is 0. The maximum Gasteiger partial charge on any atom is 0.323 e. The fraction of sp³-hybridized carbons (Fsp3) is 0.625. The topological polar surface area (TPSA) is 310 Å². The number of benzene rings is 1. The third kappa shape index (κ3) is 30.1. The number of nitrogens with two attached hydrogens (primary N) is 1. The Morgan fingerprint density at radius 1 is 0.541 bits per heavy atom. The maximum absolute atomic E-state index is 13.2. The first-order chi connectivity index (χ1) is 28.9. The number of unbranched alkanes of at least 4 members (excludes halogenated alkanes) is 3. The number of primary amides is 1. The Bertz CT molecular complexity index is 1560. The molecule has 344 valence electrons. The van der Waals surface area contributed by atoms with Gasteiger partial charge in [-0.05, 0) is 57.6 Å². The zero-order chi connectivity index (χ0) is 46.2. The number of hydrogen-bond donors (Lipinski definition) is 8. The van der Waals surface area contributed by atoms with Gasteiger partial charge in [-0.2, -0.15) is 0 Å². The van der Waals surface area contributed by atoms with Gasteiger partial charge < -0.3 is 47.0 Å². The highest BCUT2D eigenvalue weighted by atomic mass is 16.4. The number of carboxylic acid groups (broad SMARTS) is 4. The lowest BCUT2D eigenvalue weighted by molar-refractivity contribution is -0.146. The van der Waals surface area contributed by atoms with Gasteiger partial charge >= 0.3 is 23.9 Å². The fourth-order valence-corrected chi connectivity index (χ4v) is 5.74. The minimum Gasteiger partial charge on any atom is -0.480 e. The molecule has 0 saturated carbocycles. The molecule has 0 atom stereocenters. The number of carbonyl (C=O) groups is 9. The van der Waals surface area contributed by atoms with Gasteiger partial charge in [0.15, 0.2) is 0 Å². The van der Waals surface area contributed by atoms with Crippen LogP contribution in [0.3, 0.4) is 0 Å². The Balaban J connectivity index is 0.0000177. The number of nitrogens with one attached hydrogen (secondary N) is 3. The average molecular weight is 867 g/mol. The predicted molar refractivity (Wildman–Crippen MR) is 223 cm³/mol. The summed E-state index contributed by atoms with van der Waals surface area (Å²) in [5, 5.41) is 46.1. The number of carboxylic acids is 4. The zero-order valence-electron chi connectivity index (χ0n) is 35.7. The Morgan fingerprint density at radius 2 is 1.02 bits per heavy atom. The van der Waals surface area contributed by atoms with E-state index in [1.807, 2.05) is 26.8 Å². The molecule has 21 heteroatoms. The molecule has 0 saturated heterocycles. The molecule has 0 aromatic heterocycles. The van der Waals surface area contributed by atoms with Crippen molar-refractivity contribution >= 4 is 53.4 Å². The Labute approximate surface area is 357 Å². The van der Waals surface area contributed by atoms with Crippen LogP contribution in [0.15, 0.2) is 24.3 Å². The van der Waals surface area contributed by atoms with Crippen molar-refractivity contribution in [1.29, 1.82) is 0 Å². The van der Waals surface area contributed by atoms with E-state index >= 15 is 0 Å². The van der Waals surface area contributed by atoms with Crippen molar-refractivity contribution in [2.24, 2.45) is 5.73 Å². The number of amides is 5. The summed E-state index contributed by atoms with van der Waals surface area (Å²) in [6.45, 7) is 3.42. The summed E-state index contributed by atoms with van der Waals surface area (Å²) in [5.74, 6) is -7.01. The van der Waals surface area contributed by atoms with Crippen LogP contribution in [0.5, 0.6) is 0 Å². The van der Waals surface area contributed by atoms with Crippen LogP contribution < -0.4 is 21.7 Å². The molecule has 0 aliphatic rings. The Morgan fingerprint density at radius 3 is 1.56 bits per heavy atom. The van der Waals surface area contributed by atoms with Crippen LogP contribution >= 0.6 is 0 Å². The number of nitrogens with zero attached hydrogens (tertiary/aromatic N) is 4. The lowest BCUT2D eigenvalue weighted by Crippen LogP contribution is -2.48. The van der Waals surface area contributed by atoms with Crippen LogP contribution in [0.1, 0.15) is 81.1 Å². The Hall–Kier alpha value is -5.67. The fourth-order valence-electron chi connectivity index (χ4n) is 5.74. The van der Waals surface area contributed by atoms with E-state index in [1.54, 1.807) is 18.2 Å². The van der Waals surface area contributed by atoms with Crippen molar-refractivity contribution in [3.8, 4) is 0 Å². The van der Waals surface area contributed by atoms with E-state index < -0.39 is 74.3 Å². The predicted octanol–water partition coefficient (Wildman–Crippen LogP) is -0.337. The van der Waals surface area contributed by atoms with E-state index in [1.165, 1.54) is 14.7 Å². The highest BCUT2D eigenvalue weighted by molar-refractivity contribution is 5.94. The number of aryl methyl sites for hydroxylation is 1. The first-order valence-corrected chi connectivity index (χ1v) is 20.4. The minimum absolute atomic E-state index is 0.0184. The molecule has 1 rings (SSSR count). The van der Waals surface area contributed by atoms with Gasteiger partial charge in [0.2, 0.25) is 23.6 Å². The molecule has 0 bridgehead atoms. The van der Waals surface area contributed by atoms with E-state index in [4.69, 9.17) is 5.73 Å². The van der Waals surface area contributed by atoms with Crippen LogP contribution in [-0.2, 0) is 38.4 Å². The molecule has 0 unspecified atom stereocenters. The second-order valence-corrected chi connectivity index (χ2v) is 14.0. The SMILES string of the molecule is CC.Cc1cccc(C(=O)NCCCCN(CC(=O)O)C(=O)CN(CCN(CCN(CC(=O)O)CC(=O)NCCCCNC(=O)CCCCC(N)=O)CC(=O)O)CC(=O)O)c1. The number of hydrogen-bond acceptors (Lipinski definition) is 12. The number of carbonyl (C=O) groups excluding carboxylic acids is 5. The molecule has 0 aliphatic heterocycles. The lowest BCUT2D eigenvalue weighted by Gasteiger charge is -2.29. The molecule has 0 fully saturated rings. The van der Waals surface area contributed by atoms with Crippen LogP contribution in [0, 0.1) is 6.92 Å². The van der Waals surface area contributed by atoms with Gasteiger partial charge in [0, 0.05) is 70.8 Å². The second-order valence-electron chi connectivity index (χ2n) is 14.0. The largest absolute Gasteiger partial charge is 0.480 e. The quantitative estimate of drug-likeness (QED) is 0.0411. The molecule has 5 amide bonds. The molecule has 0 heterocycles. The number of aliphatic carboxylic acids is 4. The molecule has 1 aromatic carbocycles. The van der Waals surface area contributed by atoms with E-state index in [9.17, 15) is 63.6 Å². The maximum atomic E-state index is 13.2. The van der Waals surface area contributed by atoms with Crippen LogP contribution in [-0.4, -0.2) is 185 Å². The summed E-state index contributed by atoms with van der Waals surface area (Å²) in [7, 11) is 0. The van der Waals surface area contributed by atoms with Gasteiger partial charge in [-0.1, -0.05) is 31.5 Å². The average Bonchev–Trinajstić information content (AvgIpc) is 3.17. The summed E-state index contributed by atoms with van der Waals surface area (Å²) < 4.78 is 0. The summed E-state index contributed by atoms with van der Waals surface area (Å²) in [5.41, 5.74) is 6.49. The molecule has 1 aromatic rings. The van der Waals surface area contributed by atoms with Gasteiger partial charge in [0.05, 0.1) is 32.7 Å². The molecule has 0 radical (unpaired) electrons. The normalized spacial score (nSPS) is 10.7. The van der Waals surface area contributed by atoms with Crippen molar-refractivity contribution in [2.45, 2.75) is 72.1 Å². The van der Waals surface area contributed by atoms with Crippen molar-refractivity contribution < 1.29 is 63.6 Å². The monoisotopic (exact) mass is 866 g/mol. The molecule has 0 spiro atoms. The summed E-state index contributed by atoms with van der Waals surface area (Å²) in [6.07, 6.45) is 3.40. The third-order valence-corrected chi connectivity index (χ3v) is 8.69. The van der Waals surface area contributed by atoms with Gasteiger partial charge in [-0.15, -0.1) is 0 Å². The molecular weight excluding hydrogens is 800 g/mol. The van der Waals surface area contributed by atoms with Crippen LogP contribution in [0.2, 0.25) is 0 Å². The Kier molecular flexibility index (Phi) is 30.0.